The number of hydrogen-bond acceptors (Lipinski definition) is 6. The molecule has 8 heteroatoms. The van der Waals surface area contributed by atoms with Crippen LogP contribution in [0.4, 0.5) is 0 Å². The van der Waals surface area contributed by atoms with Crippen LogP contribution in [-0.4, -0.2) is 55.3 Å². The van der Waals surface area contributed by atoms with Crippen LogP contribution in [0.1, 0.15) is 12.8 Å². The van der Waals surface area contributed by atoms with Gasteiger partial charge in [0.25, 0.3) is 0 Å². The van der Waals surface area contributed by atoms with E-state index >= 15 is 0 Å². The minimum absolute atomic E-state index is 0.0300. The van der Waals surface area contributed by atoms with Gasteiger partial charge in [-0.15, -0.1) is 0 Å². The second-order valence-corrected chi connectivity index (χ2v) is 6.34. The van der Waals surface area contributed by atoms with E-state index in [-0.39, 0.29) is 12.1 Å². The first kappa shape index (κ1) is 14.0. The molecule has 1 aromatic rings. The summed E-state index contributed by atoms with van der Waals surface area (Å²) in [5, 5.41) is 0. The van der Waals surface area contributed by atoms with Gasteiger partial charge in [0.05, 0.1) is 13.4 Å². The summed E-state index contributed by atoms with van der Waals surface area (Å²) in [6.07, 6.45) is 4.06. The van der Waals surface area contributed by atoms with Gasteiger partial charge in [0.1, 0.15) is 6.10 Å². The van der Waals surface area contributed by atoms with Crippen LogP contribution in [-0.2, 0) is 10.0 Å². The monoisotopic (exact) mass is 287 g/mol. The molecule has 0 spiro atoms. The molecule has 2 heterocycles. The standard InChI is InChI=1S/C11H17N3O4S/c1-17-11-12-6-3-10(13-11)18-9-4-7-14(8-5-9)19(2,15)16/h3,6,9H,4-5,7-8H2,1-2H3. The van der Waals surface area contributed by atoms with Crippen molar-refractivity contribution in [3.05, 3.63) is 12.3 Å². The fourth-order valence-corrected chi connectivity index (χ4v) is 2.82. The highest BCUT2D eigenvalue weighted by molar-refractivity contribution is 7.88. The van der Waals surface area contributed by atoms with Crippen LogP contribution in [0.5, 0.6) is 11.9 Å². The lowest BCUT2D eigenvalue weighted by Crippen LogP contribution is -2.41. The molecule has 106 valence electrons. The Morgan fingerprint density at radius 1 is 1.37 bits per heavy atom. The lowest BCUT2D eigenvalue weighted by molar-refractivity contribution is 0.129. The highest BCUT2D eigenvalue weighted by Crippen LogP contribution is 2.19. The minimum atomic E-state index is -3.10. The van der Waals surface area contributed by atoms with Gasteiger partial charge in [-0.3, -0.25) is 0 Å². The van der Waals surface area contributed by atoms with Crippen LogP contribution in [0.3, 0.4) is 0 Å². The molecule has 0 saturated carbocycles. The van der Waals surface area contributed by atoms with E-state index in [9.17, 15) is 8.42 Å². The number of methoxy groups -OCH3 is 1. The second-order valence-electron chi connectivity index (χ2n) is 4.36. The van der Waals surface area contributed by atoms with Gasteiger partial charge in [-0.2, -0.15) is 4.98 Å². The summed E-state index contributed by atoms with van der Waals surface area (Å²) in [7, 11) is -1.61. The molecule has 0 unspecified atom stereocenters. The van der Waals surface area contributed by atoms with Crippen molar-refractivity contribution in [2.45, 2.75) is 18.9 Å². The highest BCUT2D eigenvalue weighted by atomic mass is 32.2. The maximum absolute atomic E-state index is 11.4. The third kappa shape index (κ3) is 3.77. The second kappa shape index (κ2) is 5.70. The predicted octanol–water partition coefficient (Wildman–Crippen LogP) is 0.288. The Hall–Kier alpha value is -1.41. The van der Waals surface area contributed by atoms with Crippen LogP contribution in [0.15, 0.2) is 12.3 Å². The summed E-state index contributed by atoms with van der Waals surface area (Å²) in [5.41, 5.74) is 0. The third-order valence-electron chi connectivity index (χ3n) is 2.95. The molecule has 1 fully saturated rings. The van der Waals surface area contributed by atoms with Gasteiger partial charge in [0.15, 0.2) is 0 Å². The van der Waals surface area contributed by atoms with E-state index in [4.69, 9.17) is 9.47 Å². The topological polar surface area (TPSA) is 81.6 Å². The van der Waals surface area contributed by atoms with Crippen molar-refractivity contribution in [3.8, 4) is 11.9 Å². The number of piperidine rings is 1. The van der Waals surface area contributed by atoms with Gasteiger partial charge < -0.3 is 9.47 Å². The minimum Gasteiger partial charge on any atom is -0.474 e. The summed E-state index contributed by atoms with van der Waals surface area (Å²) >= 11 is 0. The van der Waals surface area contributed by atoms with E-state index in [2.05, 4.69) is 9.97 Å². The van der Waals surface area contributed by atoms with Crippen molar-refractivity contribution in [1.82, 2.24) is 14.3 Å². The van der Waals surface area contributed by atoms with Crippen LogP contribution in [0.25, 0.3) is 0 Å². The maximum Gasteiger partial charge on any atom is 0.319 e. The molecule has 0 aromatic carbocycles. The van der Waals surface area contributed by atoms with E-state index in [1.165, 1.54) is 17.7 Å². The molecule has 0 N–H and O–H groups in total. The van der Waals surface area contributed by atoms with Crippen LogP contribution >= 0.6 is 0 Å². The molecule has 7 nitrogen and oxygen atoms in total. The Balaban J connectivity index is 1.92. The third-order valence-corrected chi connectivity index (χ3v) is 4.25. The number of aromatic nitrogens is 2. The van der Waals surface area contributed by atoms with Crippen molar-refractivity contribution < 1.29 is 17.9 Å². The molecule has 1 saturated heterocycles. The van der Waals surface area contributed by atoms with Crippen molar-refractivity contribution in [2.24, 2.45) is 0 Å². The predicted molar refractivity (Wildman–Crippen MR) is 68.7 cm³/mol. The normalized spacial score (nSPS) is 18.2. The van der Waals surface area contributed by atoms with E-state index in [1.54, 1.807) is 12.3 Å². The Morgan fingerprint density at radius 3 is 2.63 bits per heavy atom. The number of sulfonamides is 1. The lowest BCUT2D eigenvalue weighted by atomic mass is 10.1. The van der Waals surface area contributed by atoms with Crippen molar-refractivity contribution in [3.63, 3.8) is 0 Å². The fraction of sp³-hybridized carbons (Fsp3) is 0.636. The summed E-state index contributed by atoms with van der Waals surface area (Å²) < 4.78 is 34.9. The van der Waals surface area contributed by atoms with Crippen molar-refractivity contribution in [1.29, 1.82) is 0 Å². The maximum atomic E-state index is 11.4. The van der Waals surface area contributed by atoms with Crippen molar-refractivity contribution >= 4 is 10.0 Å². The van der Waals surface area contributed by atoms with Gasteiger partial charge in [0.2, 0.25) is 15.9 Å². The number of ether oxygens (including phenoxy) is 2. The molecule has 19 heavy (non-hydrogen) atoms. The first-order chi connectivity index (χ1) is 8.99. The first-order valence-corrected chi connectivity index (χ1v) is 7.82. The summed E-state index contributed by atoms with van der Waals surface area (Å²) in [6, 6.07) is 1.91. The number of hydrogen-bond donors (Lipinski definition) is 0. The molecule has 0 radical (unpaired) electrons. The van der Waals surface area contributed by atoms with E-state index in [1.807, 2.05) is 0 Å². The molecular weight excluding hydrogens is 270 g/mol. The van der Waals surface area contributed by atoms with E-state index in [0.717, 1.165) is 0 Å². The zero-order valence-corrected chi connectivity index (χ0v) is 11.8. The van der Waals surface area contributed by atoms with Crippen molar-refractivity contribution in [2.75, 3.05) is 26.5 Å². The Bertz CT molecular complexity index is 526. The van der Waals surface area contributed by atoms with Gasteiger partial charge in [-0.05, 0) is 12.8 Å². The molecule has 0 atom stereocenters. The molecule has 0 aliphatic carbocycles. The molecule has 0 amide bonds. The molecule has 0 bridgehead atoms. The average Bonchev–Trinajstić information content (AvgIpc) is 2.38. The zero-order chi connectivity index (χ0) is 13.9. The zero-order valence-electron chi connectivity index (χ0n) is 10.9. The summed E-state index contributed by atoms with van der Waals surface area (Å²) in [5.74, 6) is 0.449. The largest absolute Gasteiger partial charge is 0.474 e. The van der Waals surface area contributed by atoms with Crippen LogP contribution in [0, 0.1) is 0 Å². The van der Waals surface area contributed by atoms with Gasteiger partial charge >= 0.3 is 6.01 Å². The molecule has 1 aliphatic heterocycles. The Morgan fingerprint density at radius 2 is 2.05 bits per heavy atom. The Labute approximate surface area is 112 Å². The Kier molecular flexibility index (Phi) is 4.20. The average molecular weight is 287 g/mol. The molecule has 1 aromatic heterocycles. The van der Waals surface area contributed by atoms with E-state index < -0.39 is 10.0 Å². The molecule has 1 aliphatic rings. The van der Waals surface area contributed by atoms with Crippen LogP contribution in [0.2, 0.25) is 0 Å². The van der Waals surface area contributed by atoms with Gasteiger partial charge in [-0.1, -0.05) is 0 Å². The quantitative estimate of drug-likeness (QED) is 0.791. The number of nitrogens with zero attached hydrogens (tertiary/aromatic N) is 3. The first-order valence-electron chi connectivity index (χ1n) is 5.98. The number of rotatable bonds is 4. The summed E-state index contributed by atoms with van der Waals surface area (Å²) in [4.78, 5) is 7.96. The smallest absolute Gasteiger partial charge is 0.319 e. The van der Waals surface area contributed by atoms with Crippen LogP contribution < -0.4 is 9.47 Å². The van der Waals surface area contributed by atoms with E-state index in [0.29, 0.717) is 31.8 Å². The summed E-state index contributed by atoms with van der Waals surface area (Å²) in [6.45, 7) is 0.956. The lowest BCUT2D eigenvalue weighted by Gasteiger charge is -2.30. The van der Waals surface area contributed by atoms with Gasteiger partial charge in [-0.25, -0.2) is 17.7 Å². The highest BCUT2D eigenvalue weighted by Gasteiger charge is 2.26. The van der Waals surface area contributed by atoms with Gasteiger partial charge in [0, 0.05) is 25.4 Å². The molecular formula is C11H17N3O4S. The molecule has 2 rings (SSSR count). The SMILES string of the molecule is COc1nccc(OC2CCN(S(C)(=O)=O)CC2)n1. The fourth-order valence-electron chi connectivity index (χ4n) is 1.94.